The minimum Gasteiger partial charge on any atom is -0.258 e. The van der Waals surface area contributed by atoms with Crippen LogP contribution in [0.3, 0.4) is 0 Å². The molecule has 0 radical (unpaired) electrons. The van der Waals surface area contributed by atoms with Gasteiger partial charge in [0.1, 0.15) is 0 Å². The highest BCUT2D eigenvalue weighted by atomic mass is 32.2. The van der Waals surface area contributed by atoms with Crippen LogP contribution in [0.15, 0.2) is 46.2 Å². The van der Waals surface area contributed by atoms with Crippen molar-refractivity contribution in [1.29, 1.82) is 0 Å². The summed E-state index contributed by atoms with van der Waals surface area (Å²) >= 11 is 0. The van der Waals surface area contributed by atoms with Crippen LogP contribution in [0.5, 0.6) is 0 Å². The fourth-order valence-corrected chi connectivity index (χ4v) is 3.37. The number of nitrogens with zero attached hydrogens (tertiary/aromatic N) is 2. The maximum Gasteiger partial charge on any atom is 0.306 e. The molecule has 0 aliphatic rings. The Labute approximate surface area is 131 Å². The van der Waals surface area contributed by atoms with Crippen LogP contribution >= 0.6 is 9.24 Å². The zero-order valence-corrected chi connectivity index (χ0v) is 13.1. The van der Waals surface area contributed by atoms with E-state index in [2.05, 4.69) is 9.24 Å². The van der Waals surface area contributed by atoms with Gasteiger partial charge in [-0.15, -0.1) is 0 Å². The van der Waals surface area contributed by atoms with Gasteiger partial charge in [0.25, 0.3) is 5.69 Å². The average Bonchev–Trinajstić information content (AvgIpc) is 2.47. The van der Waals surface area contributed by atoms with Crippen molar-refractivity contribution in [2.75, 3.05) is 0 Å². The van der Waals surface area contributed by atoms with Crippen molar-refractivity contribution in [3.63, 3.8) is 0 Å². The maximum absolute atomic E-state index is 13.3. The van der Waals surface area contributed by atoms with Crippen LogP contribution < -0.4 is 5.30 Å². The van der Waals surface area contributed by atoms with Gasteiger partial charge in [-0.05, 0) is 24.3 Å². The molecule has 0 amide bonds. The number of sulfone groups is 1. The molecular weight excluding hydrogens is 350 g/mol. The van der Waals surface area contributed by atoms with Gasteiger partial charge in [0.05, 0.1) is 19.6 Å². The van der Waals surface area contributed by atoms with Gasteiger partial charge in [-0.3, -0.25) is 20.2 Å². The lowest BCUT2D eigenvalue weighted by Crippen LogP contribution is -2.08. The van der Waals surface area contributed by atoms with E-state index in [0.717, 1.165) is 18.2 Å². The number of hydrogen-bond acceptors (Lipinski definition) is 6. The summed E-state index contributed by atoms with van der Waals surface area (Å²) in [5.74, 6) is -1.18. The van der Waals surface area contributed by atoms with Gasteiger partial charge in [0, 0.05) is 17.4 Å². The topological polar surface area (TPSA) is 120 Å². The van der Waals surface area contributed by atoms with E-state index in [0.29, 0.717) is 12.1 Å². The quantitative estimate of drug-likeness (QED) is 0.357. The summed E-state index contributed by atoms with van der Waals surface area (Å²) in [7, 11) is -2.17. The number of nitro benzene ring substituents is 2. The molecule has 1 atom stereocenters. The van der Waals surface area contributed by atoms with Crippen molar-refractivity contribution in [3.05, 3.63) is 62.4 Å². The van der Waals surface area contributed by atoms with Gasteiger partial charge in [-0.25, -0.2) is 8.42 Å². The highest BCUT2D eigenvalue weighted by molar-refractivity contribution is 7.91. The van der Waals surface area contributed by atoms with Crippen LogP contribution in [0.2, 0.25) is 0 Å². The lowest BCUT2D eigenvalue weighted by atomic mass is 10.3. The molecule has 120 valence electrons. The maximum atomic E-state index is 13.3. The van der Waals surface area contributed by atoms with E-state index in [9.17, 15) is 33.0 Å². The van der Waals surface area contributed by atoms with Gasteiger partial charge >= 0.3 is 5.69 Å². The first kappa shape index (κ1) is 16.9. The molecule has 11 heteroatoms. The number of nitro groups is 2. The van der Waals surface area contributed by atoms with E-state index in [-0.39, 0.29) is 5.30 Å². The van der Waals surface area contributed by atoms with Gasteiger partial charge in [-0.1, -0.05) is 9.24 Å². The van der Waals surface area contributed by atoms with Crippen molar-refractivity contribution in [2.24, 2.45) is 0 Å². The summed E-state index contributed by atoms with van der Waals surface area (Å²) in [6.45, 7) is 0. The number of benzene rings is 2. The molecule has 0 fully saturated rings. The summed E-state index contributed by atoms with van der Waals surface area (Å²) in [5.41, 5.74) is -1.43. The Morgan fingerprint density at radius 3 is 1.91 bits per heavy atom. The van der Waals surface area contributed by atoms with Crippen LogP contribution in [-0.4, -0.2) is 18.3 Å². The van der Waals surface area contributed by atoms with Gasteiger partial charge in [0.2, 0.25) is 15.7 Å². The third-order valence-corrected chi connectivity index (χ3v) is 5.17. The Morgan fingerprint density at radius 1 is 0.913 bits per heavy atom. The van der Waals surface area contributed by atoms with E-state index in [4.69, 9.17) is 0 Å². The normalized spacial score (nSPS) is 11.2. The van der Waals surface area contributed by atoms with Gasteiger partial charge in [0.15, 0.2) is 0 Å². The molecule has 0 aromatic heterocycles. The second kappa shape index (κ2) is 5.98. The summed E-state index contributed by atoms with van der Waals surface area (Å²) < 4.78 is 38.2. The number of halogens is 1. The molecule has 0 aliphatic heterocycles. The molecule has 8 nitrogen and oxygen atoms in total. The standard InChI is InChI=1S/C12H8FN2O6PS/c13-9-3-1-7(5-10(9)14(16)17)23(20,21)8-2-4-12(22)11(6-8)15(18)19/h1-6H,22H2. The SMILES string of the molecule is O=[N+]([O-])c1cc(S(=O)(=O)c2ccc(P)c([N+](=O)[O-])c2)ccc1F. The Bertz CT molecular complexity index is 862. The largest absolute Gasteiger partial charge is 0.306 e. The molecule has 1 unspecified atom stereocenters. The monoisotopic (exact) mass is 358 g/mol. The zero-order valence-electron chi connectivity index (χ0n) is 11.2. The molecule has 0 aliphatic carbocycles. The summed E-state index contributed by atoms with van der Waals surface area (Å²) in [5, 5.41) is 21.8. The number of rotatable bonds is 4. The lowest BCUT2D eigenvalue weighted by Gasteiger charge is -2.06. The van der Waals surface area contributed by atoms with Gasteiger partial charge in [-0.2, -0.15) is 4.39 Å². The molecule has 0 saturated heterocycles. The Morgan fingerprint density at radius 2 is 1.39 bits per heavy atom. The first-order chi connectivity index (χ1) is 10.6. The van der Waals surface area contributed by atoms with Crippen molar-refractivity contribution in [1.82, 2.24) is 0 Å². The van der Waals surface area contributed by atoms with E-state index in [1.807, 2.05) is 0 Å². The summed E-state index contributed by atoms with van der Waals surface area (Å²) in [6, 6.07) is 5.27. The van der Waals surface area contributed by atoms with Crippen LogP contribution in [0.1, 0.15) is 0 Å². The minimum absolute atomic E-state index is 0.180. The fourth-order valence-electron chi connectivity index (χ4n) is 1.78. The average molecular weight is 358 g/mol. The molecule has 23 heavy (non-hydrogen) atoms. The van der Waals surface area contributed by atoms with E-state index in [1.165, 1.54) is 6.07 Å². The van der Waals surface area contributed by atoms with Crippen molar-refractivity contribution < 1.29 is 22.7 Å². The molecule has 2 rings (SSSR count). The van der Waals surface area contributed by atoms with E-state index >= 15 is 0 Å². The second-order valence-electron chi connectivity index (χ2n) is 4.35. The third kappa shape index (κ3) is 3.17. The molecule has 2 aromatic rings. The molecular formula is C12H8FN2O6PS. The Balaban J connectivity index is 2.64. The van der Waals surface area contributed by atoms with Crippen molar-refractivity contribution in [2.45, 2.75) is 9.79 Å². The predicted molar refractivity (Wildman–Crippen MR) is 80.9 cm³/mol. The zero-order chi connectivity index (χ0) is 17.4. The number of hydrogen-bond donors (Lipinski definition) is 0. The van der Waals surface area contributed by atoms with Crippen LogP contribution in [0, 0.1) is 26.0 Å². The lowest BCUT2D eigenvalue weighted by molar-refractivity contribution is -0.387. The minimum atomic E-state index is -4.27. The summed E-state index contributed by atoms with van der Waals surface area (Å²) in [4.78, 5) is 18.8. The first-order valence-electron chi connectivity index (χ1n) is 5.87. The molecule has 0 saturated carbocycles. The van der Waals surface area contributed by atoms with E-state index in [1.54, 1.807) is 0 Å². The smallest absolute Gasteiger partial charge is 0.258 e. The Hall–Kier alpha value is -2.45. The van der Waals surface area contributed by atoms with Crippen LogP contribution in [0.25, 0.3) is 0 Å². The summed E-state index contributed by atoms with van der Waals surface area (Å²) in [6.07, 6.45) is 0. The first-order valence-corrected chi connectivity index (χ1v) is 7.93. The molecule has 2 aromatic carbocycles. The van der Waals surface area contributed by atoms with Gasteiger partial charge < -0.3 is 0 Å². The molecule has 0 bridgehead atoms. The van der Waals surface area contributed by atoms with Crippen LogP contribution in [-0.2, 0) is 9.84 Å². The Kier molecular flexibility index (Phi) is 4.39. The predicted octanol–water partition coefficient (Wildman–Crippen LogP) is 1.98. The fraction of sp³-hybridized carbons (Fsp3) is 0. The van der Waals surface area contributed by atoms with Crippen molar-refractivity contribution >= 4 is 35.8 Å². The third-order valence-electron chi connectivity index (χ3n) is 2.93. The molecule has 0 heterocycles. The molecule has 0 spiro atoms. The second-order valence-corrected chi connectivity index (χ2v) is 6.92. The van der Waals surface area contributed by atoms with E-state index < -0.39 is 46.7 Å². The highest BCUT2D eigenvalue weighted by Gasteiger charge is 2.25. The van der Waals surface area contributed by atoms with Crippen LogP contribution in [0.4, 0.5) is 15.8 Å². The molecule has 0 N–H and O–H groups in total. The highest BCUT2D eigenvalue weighted by Crippen LogP contribution is 2.28. The van der Waals surface area contributed by atoms with Crippen molar-refractivity contribution in [3.8, 4) is 0 Å².